The summed E-state index contributed by atoms with van der Waals surface area (Å²) in [6.45, 7) is 6.51. The van der Waals surface area contributed by atoms with Crippen LogP contribution in [0.4, 0.5) is 0 Å². The number of nitrogens with zero attached hydrogens (tertiary/aromatic N) is 1. The van der Waals surface area contributed by atoms with Crippen molar-refractivity contribution in [3.63, 3.8) is 0 Å². The summed E-state index contributed by atoms with van der Waals surface area (Å²) in [6.07, 6.45) is 6.29. The van der Waals surface area contributed by atoms with E-state index in [0.29, 0.717) is 6.04 Å². The number of methoxy groups -OCH3 is 1. The molecule has 0 aliphatic carbocycles. The highest BCUT2D eigenvalue weighted by Gasteiger charge is 2.40. The molecule has 2 rings (SSSR count). The maximum atomic E-state index is 10.7. The smallest absolute Gasteiger partial charge is 0.0676 e. The minimum atomic E-state index is -0.443. The van der Waals surface area contributed by atoms with Gasteiger partial charge in [0.05, 0.1) is 11.2 Å². The Kier molecular flexibility index (Phi) is 3.81. The summed E-state index contributed by atoms with van der Waals surface area (Å²) in [5.74, 6) is 0. The summed E-state index contributed by atoms with van der Waals surface area (Å²) >= 11 is 0. The fourth-order valence-corrected chi connectivity index (χ4v) is 3.18. The molecule has 2 atom stereocenters. The first-order valence-electron chi connectivity index (χ1n) is 6.96. The van der Waals surface area contributed by atoms with E-state index in [1.54, 1.807) is 7.11 Å². The van der Waals surface area contributed by atoms with E-state index in [9.17, 15) is 5.11 Å². The molecule has 2 aliphatic rings. The van der Waals surface area contributed by atoms with Crippen LogP contribution in [-0.4, -0.2) is 47.4 Å². The molecule has 2 heterocycles. The third-order valence-corrected chi connectivity index (χ3v) is 4.72. The van der Waals surface area contributed by atoms with Gasteiger partial charge in [-0.05, 0) is 58.9 Å². The van der Waals surface area contributed by atoms with Crippen LogP contribution in [0.25, 0.3) is 0 Å². The molecule has 2 fully saturated rings. The molecule has 17 heavy (non-hydrogen) atoms. The number of piperidine rings is 1. The fourth-order valence-electron chi connectivity index (χ4n) is 3.18. The van der Waals surface area contributed by atoms with Crippen molar-refractivity contribution in [1.29, 1.82) is 0 Å². The predicted molar refractivity (Wildman–Crippen MR) is 69.1 cm³/mol. The summed E-state index contributed by atoms with van der Waals surface area (Å²) in [5, 5.41) is 10.7. The maximum Gasteiger partial charge on any atom is 0.0676 e. The molecule has 1 N–H and O–H groups in total. The molecule has 2 aliphatic heterocycles. The number of rotatable bonds is 4. The van der Waals surface area contributed by atoms with Crippen LogP contribution in [0, 0.1) is 0 Å². The summed E-state index contributed by atoms with van der Waals surface area (Å²) in [5.41, 5.74) is -0.552. The zero-order chi connectivity index (χ0) is 12.5. The molecule has 2 unspecified atom stereocenters. The SMILES string of the molecule is COC(C)(C)CCC1(O)CCN2CCCC2C1. The van der Waals surface area contributed by atoms with Crippen molar-refractivity contribution < 1.29 is 9.84 Å². The van der Waals surface area contributed by atoms with Crippen molar-refractivity contribution in [2.75, 3.05) is 20.2 Å². The molecular formula is C14H27NO2. The minimum absolute atomic E-state index is 0.109. The Hall–Kier alpha value is -0.120. The second-order valence-electron chi connectivity index (χ2n) is 6.47. The summed E-state index contributed by atoms with van der Waals surface area (Å²) in [7, 11) is 1.75. The number of fused-ring (bicyclic) bond motifs is 1. The van der Waals surface area contributed by atoms with Crippen LogP contribution in [-0.2, 0) is 4.74 Å². The van der Waals surface area contributed by atoms with Crippen LogP contribution >= 0.6 is 0 Å². The normalized spacial score (nSPS) is 34.9. The standard InChI is InChI=1S/C14H27NO2/c1-13(2,17-3)6-7-14(16)8-10-15-9-4-5-12(15)11-14/h12,16H,4-11H2,1-3H3. The van der Waals surface area contributed by atoms with Gasteiger partial charge in [-0.2, -0.15) is 0 Å². The van der Waals surface area contributed by atoms with Crippen molar-refractivity contribution >= 4 is 0 Å². The molecule has 0 spiro atoms. The van der Waals surface area contributed by atoms with Gasteiger partial charge < -0.3 is 14.7 Å². The van der Waals surface area contributed by atoms with E-state index < -0.39 is 5.60 Å². The Balaban J connectivity index is 1.87. The monoisotopic (exact) mass is 241 g/mol. The second-order valence-corrected chi connectivity index (χ2v) is 6.47. The Morgan fingerprint density at radius 2 is 2.18 bits per heavy atom. The third kappa shape index (κ3) is 3.21. The van der Waals surface area contributed by atoms with Gasteiger partial charge in [0.1, 0.15) is 0 Å². The average Bonchev–Trinajstić information content (AvgIpc) is 2.74. The molecule has 2 saturated heterocycles. The van der Waals surface area contributed by atoms with Crippen LogP contribution in [0.5, 0.6) is 0 Å². The van der Waals surface area contributed by atoms with E-state index >= 15 is 0 Å². The lowest BCUT2D eigenvalue weighted by Gasteiger charge is -2.42. The molecule has 0 radical (unpaired) electrons. The molecule has 0 aromatic heterocycles. The quantitative estimate of drug-likeness (QED) is 0.819. The highest BCUT2D eigenvalue weighted by molar-refractivity contribution is 4.95. The lowest BCUT2D eigenvalue weighted by Crippen LogP contribution is -2.48. The topological polar surface area (TPSA) is 32.7 Å². The molecule has 3 heteroatoms. The molecule has 0 aromatic rings. The van der Waals surface area contributed by atoms with E-state index in [1.807, 2.05) is 0 Å². The van der Waals surface area contributed by atoms with E-state index in [-0.39, 0.29) is 5.60 Å². The van der Waals surface area contributed by atoms with Crippen LogP contribution in [0.15, 0.2) is 0 Å². The van der Waals surface area contributed by atoms with Crippen LogP contribution in [0.3, 0.4) is 0 Å². The molecular weight excluding hydrogens is 214 g/mol. The Morgan fingerprint density at radius 1 is 1.41 bits per heavy atom. The van der Waals surface area contributed by atoms with Gasteiger partial charge in [-0.1, -0.05) is 0 Å². The molecule has 100 valence electrons. The number of ether oxygens (including phenoxy) is 1. The molecule has 0 aromatic carbocycles. The lowest BCUT2D eigenvalue weighted by atomic mass is 9.81. The molecule has 3 nitrogen and oxygen atoms in total. The molecule has 0 saturated carbocycles. The second kappa shape index (κ2) is 4.87. The number of aliphatic hydroxyl groups is 1. The maximum absolute atomic E-state index is 10.7. The van der Waals surface area contributed by atoms with Crippen LogP contribution < -0.4 is 0 Å². The fraction of sp³-hybridized carbons (Fsp3) is 1.00. The van der Waals surface area contributed by atoms with Gasteiger partial charge in [0.15, 0.2) is 0 Å². The largest absolute Gasteiger partial charge is 0.390 e. The van der Waals surface area contributed by atoms with Gasteiger partial charge in [-0.3, -0.25) is 0 Å². The Bertz CT molecular complexity index is 267. The van der Waals surface area contributed by atoms with Crippen LogP contribution in [0.1, 0.15) is 52.4 Å². The Labute approximate surface area is 105 Å². The summed E-state index contributed by atoms with van der Waals surface area (Å²) < 4.78 is 5.44. The van der Waals surface area contributed by atoms with Gasteiger partial charge in [0, 0.05) is 19.7 Å². The van der Waals surface area contributed by atoms with E-state index in [2.05, 4.69) is 18.7 Å². The Morgan fingerprint density at radius 3 is 2.88 bits per heavy atom. The zero-order valence-electron chi connectivity index (χ0n) is 11.5. The number of hydrogen-bond acceptors (Lipinski definition) is 3. The van der Waals surface area contributed by atoms with Gasteiger partial charge >= 0.3 is 0 Å². The highest BCUT2D eigenvalue weighted by Crippen LogP contribution is 2.36. The van der Waals surface area contributed by atoms with E-state index in [0.717, 1.165) is 32.2 Å². The van der Waals surface area contributed by atoms with E-state index in [4.69, 9.17) is 4.74 Å². The van der Waals surface area contributed by atoms with Crippen molar-refractivity contribution in [1.82, 2.24) is 4.90 Å². The lowest BCUT2D eigenvalue weighted by molar-refractivity contribution is -0.0649. The third-order valence-electron chi connectivity index (χ3n) is 4.72. The van der Waals surface area contributed by atoms with Gasteiger partial charge in [0.2, 0.25) is 0 Å². The molecule has 0 amide bonds. The van der Waals surface area contributed by atoms with E-state index in [1.165, 1.54) is 19.4 Å². The first-order valence-corrected chi connectivity index (χ1v) is 6.96. The number of hydrogen-bond donors (Lipinski definition) is 1. The zero-order valence-corrected chi connectivity index (χ0v) is 11.5. The van der Waals surface area contributed by atoms with Gasteiger partial charge in [0.25, 0.3) is 0 Å². The average molecular weight is 241 g/mol. The molecule has 0 bridgehead atoms. The van der Waals surface area contributed by atoms with Crippen LogP contribution in [0.2, 0.25) is 0 Å². The van der Waals surface area contributed by atoms with Gasteiger partial charge in [-0.15, -0.1) is 0 Å². The van der Waals surface area contributed by atoms with Crippen molar-refractivity contribution in [2.45, 2.75) is 69.6 Å². The van der Waals surface area contributed by atoms with Crippen molar-refractivity contribution in [3.8, 4) is 0 Å². The predicted octanol–water partition coefficient (Wildman–Crippen LogP) is 2.18. The first kappa shape index (κ1) is 13.3. The van der Waals surface area contributed by atoms with Crippen molar-refractivity contribution in [2.24, 2.45) is 0 Å². The van der Waals surface area contributed by atoms with Crippen molar-refractivity contribution in [3.05, 3.63) is 0 Å². The van der Waals surface area contributed by atoms with Gasteiger partial charge in [-0.25, -0.2) is 0 Å². The first-order chi connectivity index (χ1) is 7.94. The highest BCUT2D eigenvalue weighted by atomic mass is 16.5. The summed E-state index contributed by atoms with van der Waals surface area (Å²) in [6, 6.07) is 0.638. The minimum Gasteiger partial charge on any atom is -0.390 e. The summed E-state index contributed by atoms with van der Waals surface area (Å²) in [4.78, 5) is 2.55.